The lowest BCUT2D eigenvalue weighted by Crippen LogP contribution is -2.51. The molecule has 0 radical (unpaired) electrons. The Morgan fingerprint density at radius 2 is 2.12 bits per heavy atom. The lowest BCUT2D eigenvalue weighted by molar-refractivity contribution is -0.126. The number of hydrogen-bond donors (Lipinski definition) is 2. The van der Waals surface area contributed by atoms with Crippen LogP contribution in [0.15, 0.2) is 30.3 Å². The molecule has 92 valence electrons. The molecule has 3 atom stereocenters. The Labute approximate surface area is 102 Å². The molecule has 3 nitrogen and oxygen atoms in total. The van der Waals surface area contributed by atoms with Gasteiger partial charge in [0.15, 0.2) is 0 Å². The van der Waals surface area contributed by atoms with Crippen LogP contribution in [-0.2, 0) is 4.79 Å². The molecule has 17 heavy (non-hydrogen) atoms. The lowest BCUT2D eigenvalue weighted by Gasteiger charge is -2.21. The Morgan fingerprint density at radius 1 is 1.47 bits per heavy atom. The SMILES string of the molecule is CCC(C)(N)C(=O)NC1CC1c1ccccc1. The van der Waals surface area contributed by atoms with E-state index < -0.39 is 5.54 Å². The van der Waals surface area contributed by atoms with E-state index in [0.29, 0.717) is 12.3 Å². The van der Waals surface area contributed by atoms with Crippen LogP contribution in [0.25, 0.3) is 0 Å². The molecule has 1 fully saturated rings. The fourth-order valence-electron chi connectivity index (χ4n) is 1.92. The quantitative estimate of drug-likeness (QED) is 0.831. The summed E-state index contributed by atoms with van der Waals surface area (Å²) in [6.45, 7) is 3.71. The Bertz CT molecular complexity index is 400. The van der Waals surface area contributed by atoms with Gasteiger partial charge < -0.3 is 11.1 Å². The Balaban J connectivity index is 1.91. The van der Waals surface area contributed by atoms with Gasteiger partial charge in [0.25, 0.3) is 0 Å². The smallest absolute Gasteiger partial charge is 0.240 e. The summed E-state index contributed by atoms with van der Waals surface area (Å²) in [6, 6.07) is 10.6. The maximum atomic E-state index is 11.9. The van der Waals surface area contributed by atoms with Crippen LogP contribution in [0.2, 0.25) is 0 Å². The first kappa shape index (κ1) is 12.1. The fraction of sp³-hybridized carbons (Fsp3) is 0.500. The van der Waals surface area contributed by atoms with Gasteiger partial charge in [0.2, 0.25) is 5.91 Å². The van der Waals surface area contributed by atoms with Crippen LogP contribution < -0.4 is 11.1 Å². The summed E-state index contributed by atoms with van der Waals surface area (Å²) < 4.78 is 0. The van der Waals surface area contributed by atoms with Gasteiger partial charge in [-0.2, -0.15) is 0 Å². The summed E-state index contributed by atoms with van der Waals surface area (Å²) >= 11 is 0. The van der Waals surface area contributed by atoms with Crippen molar-refractivity contribution in [3.05, 3.63) is 35.9 Å². The summed E-state index contributed by atoms with van der Waals surface area (Å²) in [7, 11) is 0. The molecule has 1 aliphatic carbocycles. The number of rotatable bonds is 4. The highest BCUT2D eigenvalue weighted by molar-refractivity contribution is 5.86. The monoisotopic (exact) mass is 232 g/mol. The third kappa shape index (κ3) is 2.67. The number of carbonyl (C=O) groups is 1. The van der Waals surface area contributed by atoms with Gasteiger partial charge in [-0.25, -0.2) is 0 Å². The highest BCUT2D eigenvalue weighted by Crippen LogP contribution is 2.40. The van der Waals surface area contributed by atoms with Crippen molar-refractivity contribution in [3.63, 3.8) is 0 Å². The summed E-state index contributed by atoms with van der Waals surface area (Å²) in [6.07, 6.45) is 1.68. The number of hydrogen-bond acceptors (Lipinski definition) is 2. The molecule has 0 heterocycles. The minimum Gasteiger partial charge on any atom is -0.351 e. The molecule has 0 spiro atoms. The zero-order valence-corrected chi connectivity index (χ0v) is 10.4. The second kappa shape index (κ2) is 4.49. The van der Waals surface area contributed by atoms with E-state index in [1.54, 1.807) is 6.92 Å². The van der Waals surface area contributed by atoms with Gasteiger partial charge in [-0.3, -0.25) is 4.79 Å². The molecule has 1 amide bonds. The molecule has 3 heteroatoms. The molecule has 0 aliphatic heterocycles. The van der Waals surface area contributed by atoms with Crippen molar-refractivity contribution in [1.82, 2.24) is 5.32 Å². The number of carbonyl (C=O) groups excluding carboxylic acids is 1. The molecule has 1 aliphatic rings. The second-order valence-corrected chi connectivity index (χ2v) is 5.10. The molecular formula is C14H20N2O. The maximum absolute atomic E-state index is 11.9. The molecule has 2 rings (SSSR count). The Hall–Kier alpha value is -1.35. The number of nitrogens with one attached hydrogen (secondary N) is 1. The standard InChI is InChI=1S/C14H20N2O/c1-3-14(2,15)13(17)16-12-9-11(12)10-7-5-4-6-8-10/h4-8,11-12H,3,9,15H2,1-2H3,(H,16,17). The Morgan fingerprint density at radius 3 is 2.71 bits per heavy atom. The van der Waals surface area contributed by atoms with Gasteiger partial charge in [0.05, 0.1) is 5.54 Å². The lowest BCUT2D eigenvalue weighted by atomic mass is 9.99. The molecule has 1 aromatic rings. The maximum Gasteiger partial charge on any atom is 0.240 e. The van der Waals surface area contributed by atoms with Gasteiger partial charge in [0.1, 0.15) is 0 Å². The third-order valence-electron chi connectivity index (χ3n) is 3.59. The molecule has 3 unspecified atom stereocenters. The van der Waals surface area contributed by atoms with Crippen molar-refractivity contribution in [2.75, 3.05) is 0 Å². The van der Waals surface area contributed by atoms with Crippen molar-refractivity contribution in [2.45, 2.75) is 44.2 Å². The summed E-state index contributed by atoms with van der Waals surface area (Å²) in [4.78, 5) is 11.9. The predicted octanol–water partition coefficient (Wildman–Crippen LogP) is 1.79. The molecule has 0 saturated heterocycles. The van der Waals surface area contributed by atoms with Crippen molar-refractivity contribution < 1.29 is 4.79 Å². The van der Waals surface area contributed by atoms with E-state index >= 15 is 0 Å². The Kier molecular flexibility index (Phi) is 3.20. The predicted molar refractivity (Wildman–Crippen MR) is 68.6 cm³/mol. The number of nitrogens with two attached hydrogens (primary N) is 1. The molecular weight excluding hydrogens is 212 g/mol. The van der Waals surface area contributed by atoms with Crippen LogP contribution in [0, 0.1) is 0 Å². The van der Waals surface area contributed by atoms with Gasteiger partial charge in [0, 0.05) is 12.0 Å². The summed E-state index contributed by atoms with van der Waals surface area (Å²) in [5.74, 6) is 0.427. The number of benzene rings is 1. The van der Waals surface area contributed by atoms with E-state index in [1.165, 1.54) is 5.56 Å². The van der Waals surface area contributed by atoms with Crippen LogP contribution in [0.4, 0.5) is 0 Å². The minimum absolute atomic E-state index is 0.0385. The van der Waals surface area contributed by atoms with E-state index in [9.17, 15) is 4.79 Å². The molecule has 0 bridgehead atoms. The zero-order valence-electron chi connectivity index (χ0n) is 10.4. The zero-order chi connectivity index (χ0) is 12.5. The second-order valence-electron chi connectivity index (χ2n) is 5.10. The summed E-state index contributed by atoms with van der Waals surface area (Å²) in [5, 5.41) is 3.03. The van der Waals surface area contributed by atoms with Crippen LogP contribution in [0.1, 0.15) is 38.2 Å². The first-order valence-corrected chi connectivity index (χ1v) is 6.19. The van der Waals surface area contributed by atoms with Crippen molar-refractivity contribution in [1.29, 1.82) is 0 Å². The normalized spacial score (nSPS) is 26.1. The van der Waals surface area contributed by atoms with Gasteiger partial charge in [-0.1, -0.05) is 37.3 Å². The largest absolute Gasteiger partial charge is 0.351 e. The average Bonchev–Trinajstić information content (AvgIpc) is 3.09. The third-order valence-corrected chi connectivity index (χ3v) is 3.59. The van der Waals surface area contributed by atoms with Crippen molar-refractivity contribution in [3.8, 4) is 0 Å². The van der Waals surface area contributed by atoms with E-state index in [2.05, 4.69) is 17.4 Å². The first-order valence-electron chi connectivity index (χ1n) is 6.19. The van der Waals surface area contributed by atoms with E-state index in [4.69, 9.17) is 5.73 Å². The van der Waals surface area contributed by atoms with E-state index in [-0.39, 0.29) is 11.9 Å². The average molecular weight is 232 g/mol. The van der Waals surface area contributed by atoms with Crippen molar-refractivity contribution in [2.24, 2.45) is 5.73 Å². The number of amides is 1. The van der Waals surface area contributed by atoms with Crippen molar-refractivity contribution >= 4 is 5.91 Å². The summed E-state index contributed by atoms with van der Waals surface area (Å²) in [5.41, 5.74) is 6.46. The fourth-order valence-corrected chi connectivity index (χ4v) is 1.92. The molecule has 1 saturated carbocycles. The van der Waals surface area contributed by atoms with Crippen LogP contribution in [-0.4, -0.2) is 17.5 Å². The van der Waals surface area contributed by atoms with Crippen LogP contribution in [0.3, 0.4) is 0 Å². The molecule has 1 aromatic carbocycles. The topological polar surface area (TPSA) is 55.1 Å². The van der Waals surface area contributed by atoms with Crippen LogP contribution >= 0.6 is 0 Å². The molecule has 3 N–H and O–H groups in total. The van der Waals surface area contributed by atoms with E-state index in [1.807, 2.05) is 25.1 Å². The minimum atomic E-state index is -0.746. The van der Waals surface area contributed by atoms with Gasteiger partial charge >= 0.3 is 0 Å². The first-order chi connectivity index (χ1) is 8.04. The van der Waals surface area contributed by atoms with Gasteiger partial charge in [-0.15, -0.1) is 0 Å². The van der Waals surface area contributed by atoms with Crippen LogP contribution in [0.5, 0.6) is 0 Å². The van der Waals surface area contributed by atoms with Gasteiger partial charge in [-0.05, 0) is 25.3 Å². The molecule has 0 aromatic heterocycles. The van der Waals surface area contributed by atoms with E-state index in [0.717, 1.165) is 6.42 Å². The highest BCUT2D eigenvalue weighted by Gasteiger charge is 2.41. The highest BCUT2D eigenvalue weighted by atomic mass is 16.2.